The number of benzene rings is 1. The quantitative estimate of drug-likeness (QED) is 0.736. The van der Waals surface area contributed by atoms with Gasteiger partial charge < -0.3 is 15.8 Å². The third kappa shape index (κ3) is 3.28. The van der Waals surface area contributed by atoms with Crippen molar-refractivity contribution in [2.75, 3.05) is 43.4 Å². The number of carbonyl (C=O) groups excluding carboxylic acids is 2. The zero-order valence-corrected chi connectivity index (χ0v) is 17.0. The highest BCUT2D eigenvalue weighted by Gasteiger charge is 2.65. The van der Waals surface area contributed by atoms with E-state index in [1.807, 2.05) is 0 Å². The Balaban J connectivity index is 1.94. The summed E-state index contributed by atoms with van der Waals surface area (Å²) in [7, 11) is 0. The molecule has 4 rings (SSSR count). The van der Waals surface area contributed by atoms with E-state index in [2.05, 4.69) is 15.2 Å². The van der Waals surface area contributed by atoms with Crippen LogP contribution in [-0.4, -0.2) is 72.2 Å². The van der Waals surface area contributed by atoms with Crippen LogP contribution < -0.4 is 16.0 Å². The van der Waals surface area contributed by atoms with Crippen molar-refractivity contribution >= 4 is 34.5 Å². The van der Waals surface area contributed by atoms with Crippen molar-refractivity contribution < 1.29 is 18.7 Å². The van der Waals surface area contributed by atoms with Crippen LogP contribution in [-0.2, 0) is 9.53 Å². The van der Waals surface area contributed by atoms with E-state index in [1.165, 1.54) is 28.8 Å². The first-order valence-electron chi connectivity index (χ1n) is 9.65. The van der Waals surface area contributed by atoms with Crippen molar-refractivity contribution in [3.63, 3.8) is 0 Å². The van der Waals surface area contributed by atoms with E-state index >= 15 is 0 Å². The number of halogens is 1. The number of ether oxygens (including phenoxy) is 1. The van der Waals surface area contributed by atoms with E-state index < -0.39 is 35.5 Å². The number of anilines is 1. The summed E-state index contributed by atoms with van der Waals surface area (Å²) in [4.78, 5) is 33.6. The Morgan fingerprint density at radius 3 is 2.83 bits per heavy atom. The normalized spacial score (nSPS) is 28.9. The second kappa shape index (κ2) is 7.92. The van der Waals surface area contributed by atoms with Crippen LogP contribution >= 0.6 is 11.8 Å². The topological polar surface area (TPSA) is 100 Å². The van der Waals surface area contributed by atoms with Crippen molar-refractivity contribution in [1.29, 1.82) is 0 Å². The molecule has 2 fully saturated rings. The number of rotatable bonds is 5. The molecule has 0 aliphatic carbocycles. The van der Waals surface area contributed by atoms with E-state index in [1.54, 1.807) is 19.1 Å². The molecule has 0 bridgehead atoms. The Morgan fingerprint density at radius 1 is 1.45 bits per heavy atom. The van der Waals surface area contributed by atoms with Crippen molar-refractivity contribution in [3.05, 3.63) is 30.1 Å². The van der Waals surface area contributed by atoms with Crippen LogP contribution in [0.15, 0.2) is 29.3 Å². The maximum Gasteiger partial charge on any atom is 0.416 e. The Labute approximate surface area is 172 Å². The molecule has 29 heavy (non-hydrogen) atoms. The van der Waals surface area contributed by atoms with Crippen LogP contribution in [0.25, 0.3) is 0 Å². The first-order chi connectivity index (χ1) is 14.0. The molecule has 0 spiro atoms. The van der Waals surface area contributed by atoms with Crippen LogP contribution in [0.5, 0.6) is 0 Å². The van der Waals surface area contributed by atoms with Crippen LogP contribution in [0, 0.1) is 11.7 Å². The van der Waals surface area contributed by atoms with Gasteiger partial charge in [-0.3, -0.25) is 14.7 Å². The fraction of sp³-hybridized carbons (Fsp3) is 0.526. The average molecular weight is 421 g/mol. The molecule has 3 aliphatic rings. The first kappa shape index (κ1) is 20.1. The minimum absolute atomic E-state index is 0.364. The summed E-state index contributed by atoms with van der Waals surface area (Å²) in [5.74, 6) is -1.01. The lowest BCUT2D eigenvalue weighted by molar-refractivity contribution is -0.125. The van der Waals surface area contributed by atoms with Gasteiger partial charge in [0.1, 0.15) is 10.9 Å². The molecule has 1 aromatic rings. The molecule has 0 saturated carbocycles. The molecule has 2 amide bonds. The van der Waals surface area contributed by atoms with E-state index in [0.717, 1.165) is 5.75 Å². The lowest BCUT2D eigenvalue weighted by Crippen LogP contribution is -2.71. The predicted molar refractivity (Wildman–Crippen MR) is 109 cm³/mol. The lowest BCUT2D eigenvalue weighted by atomic mass is 9.89. The van der Waals surface area contributed by atoms with Gasteiger partial charge in [0.05, 0.1) is 11.6 Å². The highest BCUT2D eigenvalue weighted by Crippen LogP contribution is 2.45. The minimum Gasteiger partial charge on any atom is -0.440 e. The van der Waals surface area contributed by atoms with Gasteiger partial charge in [0.15, 0.2) is 11.8 Å². The first-order valence-corrected chi connectivity index (χ1v) is 10.6. The number of amides is 2. The van der Waals surface area contributed by atoms with Crippen LogP contribution in [0.3, 0.4) is 0 Å². The summed E-state index contributed by atoms with van der Waals surface area (Å²) in [6.45, 7) is 4.92. The summed E-state index contributed by atoms with van der Waals surface area (Å²) in [6.07, 6.45) is -1.50. The van der Waals surface area contributed by atoms with Crippen molar-refractivity contribution in [2.45, 2.75) is 18.7 Å². The number of hydrogen-bond acceptors (Lipinski definition) is 7. The smallest absolute Gasteiger partial charge is 0.416 e. The number of nitrogens with one attached hydrogen (secondary N) is 1. The number of carbonyl (C=O) groups is 2. The number of hydrogen-bond donors (Lipinski definition) is 2. The summed E-state index contributed by atoms with van der Waals surface area (Å²) in [6, 6.07) is 5.84. The third-order valence-electron chi connectivity index (χ3n) is 5.62. The molecule has 1 aromatic carbocycles. The van der Waals surface area contributed by atoms with Gasteiger partial charge in [-0.1, -0.05) is 6.07 Å². The van der Waals surface area contributed by atoms with Gasteiger partial charge in [-0.2, -0.15) is 0 Å². The summed E-state index contributed by atoms with van der Waals surface area (Å²) in [5, 5.41) is 4.01. The van der Waals surface area contributed by atoms with Crippen LogP contribution in [0.1, 0.15) is 6.92 Å². The van der Waals surface area contributed by atoms with Crippen molar-refractivity contribution in [1.82, 2.24) is 10.2 Å². The van der Waals surface area contributed by atoms with E-state index in [-0.39, 0.29) is 0 Å². The zero-order valence-electron chi connectivity index (χ0n) is 16.1. The Kier molecular flexibility index (Phi) is 5.50. The molecule has 156 valence electrons. The highest BCUT2D eigenvalue weighted by atomic mass is 32.2. The molecule has 3 N–H and O–H groups in total. The summed E-state index contributed by atoms with van der Waals surface area (Å²) in [5.41, 5.74) is 4.85. The number of piperazine rings is 1. The average Bonchev–Trinajstić information content (AvgIpc) is 3.34. The van der Waals surface area contributed by atoms with Gasteiger partial charge in [-0.05, 0) is 25.1 Å². The standard InChI is InChI=1S/C19H24FN5O3S/c1-12(16(21)26)15-19(17-23-7-10-29-17,24-8-5-22-6-9-24)25(18(27)28-15)14-4-2-3-13(20)11-14/h2-4,11-12,15,22H,5-10H2,1H3,(H2,21,26). The van der Waals surface area contributed by atoms with E-state index in [4.69, 9.17) is 10.5 Å². The van der Waals surface area contributed by atoms with Gasteiger partial charge in [0, 0.05) is 38.5 Å². The molecule has 0 aromatic heterocycles. The van der Waals surface area contributed by atoms with Crippen molar-refractivity contribution in [2.24, 2.45) is 16.6 Å². The predicted octanol–water partition coefficient (Wildman–Crippen LogP) is 1.02. The van der Waals surface area contributed by atoms with Crippen LogP contribution in [0.4, 0.5) is 14.9 Å². The van der Waals surface area contributed by atoms with Gasteiger partial charge in [0.25, 0.3) is 0 Å². The lowest BCUT2D eigenvalue weighted by Gasteiger charge is -2.49. The van der Waals surface area contributed by atoms with E-state index in [9.17, 15) is 14.0 Å². The minimum atomic E-state index is -1.15. The van der Waals surface area contributed by atoms with Crippen molar-refractivity contribution in [3.8, 4) is 0 Å². The molecule has 2 saturated heterocycles. The molecule has 3 atom stereocenters. The van der Waals surface area contributed by atoms with Gasteiger partial charge >= 0.3 is 6.09 Å². The maximum atomic E-state index is 14.1. The molecule has 3 unspecified atom stereocenters. The Hall–Kier alpha value is -2.17. The second-order valence-corrected chi connectivity index (χ2v) is 8.39. The van der Waals surface area contributed by atoms with Gasteiger partial charge in [0.2, 0.25) is 5.91 Å². The summed E-state index contributed by atoms with van der Waals surface area (Å²) >= 11 is 1.54. The van der Waals surface area contributed by atoms with Gasteiger partial charge in [-0.15, -0.1) is 11.8 Å². The Morgan fingerprint density at radius 2 is 2.21 bits per heavy atom. The number of nitrogens with two attached hydrogens (primary N) is 1. The van der Waals surface area contributed by atoms with E-state index in [0.29, 0.717) is 43.5 Å². The molecular formula is C19H24FN5O3S. The number of aliphatic imine (C=N–C) groups is 1. The number of thioether (sulfide) groups is 1. The molecule has 3 heterocycles. The molecule has 10 heteroatoms. The fourth-order valence-electron chi connectivity index (χ4n) is 4.26. The largest absolute Gasteiger partial charge is 0.440 e. The number of cyclic esters (lactones) is 1. The monoisotopic (exact) mass is 421 g/mol. The summed E-state index contributed by atoms with van der Waals surface area (Å²) < 4.78 is 19.9. The SMILES string of the molecule is CC(C(N)=O)C1OC(=O)N(c2cccc(F)c2)C1(C1=NCCS1)N1CCNCC1. The molecule has 8 nitrogen and oxygen atoms in total. The molecule has 0 radical (unpaired) electrons. The zero-order chi connectivity index (χ0) is 20.6. The third-order valence-corrected chi connectivity index (χ3v) is 6.71. The molecular weight excluding hydrogens is 397 g/mol. The fourth-order valence-corrected chi connectivity index (χ4v) is 5.37. The maximum absolute atomic E-state index is 14.1. The Bertz CT molecular complexity index is 847. The number of primary amides is 1. The highest BCUT2D eigenvalue weighted by molar-refractivity contribution is 8.14. The second-order valence-electron chi connectivity index (χ2n) is 7.31. The van der Waals surface area contributed by atoms with Gasteiger partial charge in [-0.25, -0.2) is 14.1 Å². The van der Waals surface area contributed by atoms with Crippen LogP contribution in [0.2, 0.25) is 0 Å². The number of nitrogens with zero attached hydrogens (tertiary/aromatic N) is 3. The molecule has 3 aliphatic heterocycles.